The molecule has 2 aromatic carbocycles. The molecule has 0 aliphatic carbocycles. The highest BCUT2D eigenvalue weighted by Gasteiger charge is 2.06. The summed E-state index contributed by atoms with van der Waals surface area (Å²) in [5, 5.41) is 14.4. The van der Waals surface area contributed by atoms with E-state index in [9.17, 15) is 4.79 Å². The smallest absolute Gasteiger partial charge is 0.267 e. The molecule has 1 heterocycles. The number of amides is 1. The van der Waals surface area contributed by atoms with Crippen molar-refractivity contribution in [3.05, 3.63) is 76.4 Å². The molecule has 0 atom stereocenters. The molecule has 0 spiro atoms. The summed E-state index contributed by atoms with van der Waals surface area (Å²) in [6, 6.07) is 14.3. The Hall–Kier alpha value is -2.89. The van der Waals surface area contributed by atoms with Crippen molar-refractivity contribution in [3.8, 4) is 0 Å². The Labute approximate surface area is 174 Å². The lowest BCUT2D eigenvalue weighted by Gasteiger charge is -2.17. The highest BCUT2D eigenvalue weighted by Crippen LogP contribution is 2.24. The van der Waals surface area contributed by atoms with Crippen molar-refractivity contribution in [3.63, 3.8) is 0 Å². The van der Waals surface area contributed by atoms with Gasteiger partial charge < -0.3 is 10.6 Å². The van der Waals surface area contributed by atoms with Crippen molar-refractivity contribution < 1.29 is 10.0 Å². The van der Waals surface area contributed by atoms with Crippen LogP contribution >= 0.6 is 0 Å². The summed E-state index contributed by atoms with van der Waals surface area (Å²) in [5.74, 6) is -0.527. The molecule has 1 aliphatic rings. The SMILES string of the molecule is CCc1ccc2c(c1)C=C(C)CN2.CNC.Cc1ccc(/C=C/C(=O)NO)cc1. The lowest BCUT2D eigenvalue weighted by Crippen LogP contribution is -2.14. The van der Waals surface area contributed by atoms with E-state index in [1.54, 1.807) is 6.08 Å². The summed E-state index contributed by atoms with van der Waals surface area (Å²) >= 11 is 0. The van der Waals surface area contributed by atoms with Crippen LogP contribution in [0.15, 0.2) is 54.1 Å². The summed E-state index contributed by atoms with van der Waals surface area (Å²) < 4.78 is 0. The fraction of sp³-hybridized carbons (Fsp3) is 0.292. The minimum absolute atomic E-state index is 0.527. The lowest BCUT2D eigenvalue weighted by molar-refractivity contribution is -0.124. The average molecular weight is 396 g/mol. The van der Waals surface area contributed by atoms with E-state index in [4.69, 9.17) is 5.21 Å². The second-order valence-corrected chi connectivity index (χ2v) is 6.84. The third-order valence-corrected chi connectivity index (χ3v) is 4.10. The molecular weight excluding hydrogens is 362 g/mol. The van der Waals surface area contributed by atoms with Gasteiger partial charge in [0.25, 0.3) is 5.91 Å². The fourth-order valence-corrected chi connectivity index (χ4v) is 2.55. The maximum atomic E-state index is 10.6. The molecule has 1 aliphatic heterocycles. The first-order chi connectivity index (χ1) is 13.9. The van der Waals surface area contributed by atoms with Gasteiger partial charge in [0.2, 0.25) is 0 Å². The maximum absolute atomic E-state index is 10.6. The molecule has 156 valence electrons. The van der Waals surface area contributed by atoms with Crippen molar-refractivity contribution in [2.24, 2.45) is 0 Å². The summed E-state index contributed by atoms with van der Waals surface area (Å²) in [4.78, 5) is 10.6. The van der Waals surface area contributed by atoms with Gasteiger partial charge in [0.1, 0.15) is 0 Å². The first-order valence-corrected chi connectivity index (χ1v) is 9.74. The number of carbonyl (C=O) groups excluding carboxylic acids is 1. The van der Waals surface area contributed by atoms with Gasteiger partial charge >= 0.3 is 0 Å². The Morgan fingerprint density at radius 2 is 1.79 bits per heavy atom. The molecule has 0 saturated heterocycles. The van der Waals surface area contributed by atoms with E-state index < -0.39 is 5.91 Å². The number of fused-ring (bicyclic) bond motifs is 1. The van der Waals surface area contributed by atoms with Gasteiger partial charge in [-0.25, -0.2) is 5.48 Å². The van der Waals surface area contributed by atoms with E-state index in [0.29, 0.717) is 0 Å². The molecule has 4 N–H and O–H groups in total. The predicted molar refractivity (Wildman–Crippen MR) is 123 cm³/mol. The molecule has 5 heteroatoms. The van der Waals surface area contributed by atoms with Crippen molar-refractivity contribution in [1.29, 1.82) is 0 Å². The topological polar surface area (TPSA) is 73.4 Å². The second kappa shape index (κ2) is 13.3. The Bertz CT molecular complexity index is 825. The molecule has 2 aromatic rings. The van der Waals surface area contributed by atoms with Crippen LogP contribution in [0.2, 0.25) is 0 Å². The van der Waals surface area contributed by atoms with Gasteiger partial charge in [0.05, 0.1) is 0 Å². The standard InChI is InChI=1S/C12H15N.C10H11NO2.C2H7N/c1-3-10-4-5-12-11(7-10)6-9(2)8-13-12;1-8-2-4-9(5-3-8)6-7-10(12)11-13;1-3-2/h4-7,13H,3,8H2,1-2H3;2-7,13H,1H3,(H,11,12);3H,1-2H3/b;7-6+;. The van der Waals surface area contributed by atoms with E-state index in [2.05, 4.69) is 48.8 Å². The summed E-state index contributed by atoms with van der Waals surface area (Å²) in [5.41, 5.74) is 9.03. The summed E-state index contributed by atoms with van der Waals surface area (Å²) in [7, 11) is 3.75. The van der Waals surface area contributed by atoms with Gasteiger partial charge in [-0.05, 0) is 69.3 Å². The van der Waals surface area contributed by atoms with Crippen LogP contribution in [0, 0.1) is 6.92 Å². The predicted octanol–water partition coefficient (Wildman–Crippen LogP) is 4.43. The van der Waals surface area contributed by atoms with Crippen LogP contribution in [-0.4, -0.2) is 31.8 Å². The zero-order chi connectivity index (χ0) is 21.6. The van der Waals surface area contributed by atoms with Crippen molar-refractivity contribution in [2.75, 3.05) is 26.0 Å². The van der Waals surface area contributed by atoms with E-state index in [-0.39, 0.29) is 0 Å². The minimum Gasteiger partial charge on any atom is -0.381 e. The lowest BCUT2D eigenvalue weighted by atomic mass is 10.0. The van der Waals surface area contributed by atoms with E-state index in [1.807, 2.05) is 45.3 Å². The van der Waals surface area contributed by atoms with Crippen LogP contribution in [0.25, 0.3) is 12.2 Å². The number of nitrogens with one attached hydrogen (secondary N) is 3. The Kier molecular flexibility index (Phi) is 11.1. The monoisotopic (exact) mass is 395 g/mol. The molecular formula is C24H33N3O2. The zero-order valence-electron chi connectivity index (χ0n) is 18.0. The average Bonchev–Trinajstić information content (AvgIpc) is 2.73. The quantitative estimate of drug-likeness (QED) is 0.352. The van der Waals surface area contributed by atoms with Crippen LogP contribution in [0.1, 0.15) is 36.1 Å². The van der Waals surface area contributed by atoms with Gasteiger partial charge in [-0.2, -0.15) is 0 Å². The highest BCUT2D eigenvalue weighted by atomic mass is 16.5. The van der Waals surface area contributed by atoms with Crippen LogP contribution in [-0.2, 0) is 11.2 Å². The van der Waals surface area contributed by atoms with E-state index >= 15 is 0 Å². The number of benzene rings is 2. The Morgan fingerprint density at radius 3 is 2.38 bits per heavy atom. The van der Waals surface area contributed by atoms with Gasteiger partial charge in [-0.3, -0.25) is 10.0 Å². The molecule has 0 aromatic heterocycles. The Balaban J connectivity index is 0.000000256. The second-order valence-electron chi connectivity index (χ2n) is 6.84. The third kappa shape index (κ3) is 9.23. The van der Waals surface area contributed by atoms with Crippen molar-refractivity contribution in [1.82, 2.24) is 10.8 Å². The van der Waals surface area contributed by atoms with Gasteiger partial charge in [-0.15, -0.1) is 0 Å². The fourth-order valence-electron chi connectivity index (χ4n) is 2.55. The number of carbonyl (C=O) groups is 1. The number of anilines is 1. The normalized spacial score (nSPS) is 11.7. The maximum Gasteiger partial charge on any atom is 0.267 e. The third-order valence-electron chi connectivity index (χ3n) is 4.10. The molecule has 0 bridgehead atoms. The molecule has 29 heavy (non-hydrogen) atoms. The number of hydrogen-bond acceptors (Lipinski definition) is 4. The van der Waals surface area contributed by atoms with Crippen molar-refractivity contribution in [2.45, 2.75) is 27.2 Å². The highest BCUT2D eigenvalue weighted by molar-refractivity contribution is 5.90. The minimum atomic E-state index is -0.527. The van der Waals surface area contributed by atoms with Gasteiger partial charge in [0, 0.05) is 18.3 Å². The molecule has 0 radical (unpaired) electrons. The molecule has 5 nitrogen and oxygen atoms in total. The van der Waals surface area contributed by atoms with Crippen LogP contribution in [0.3, 0.4) is 0 Å². The molecule has 1 amide bonds. The first kappa shape index (κ1) is 24.1. The molecule has 0 unspecified atom stereocenters. The number of hydroxylamine groups is 1. The zero-order valence-corrected chi connectivity index (χ0v) is 18.0. The molecule has 0 fully saturated rings. The van der Waals surface area contributed by atoms with E-state index in [1.165, 1.54) is 39.5 Å². The number of aryl methyl sites for hydroxylation is 2. The van der Waals surface area contributed by atoms with Crippen LogP contribution < -0.4 is 16.1 Å². The van der Waals surface area contributed by atoms with E-state index in [0.717, 1.165) is 18.5 Å². The molecule has 0 saturated carbocycles. The van der Waals surface area contributed by atoms with Gasteiger partial charge in [0.15, 0.2) is 0 Å². The number of hydrogen-bond donors (Lipinski definition) is 4. The molecule has 3 rings (SSSR count). The first-order valence-electron chi connectivity index (χ1n) is 9.74. The van der Waals surface area contributed by atoms with Crippen molar-refractivity contribution >= 4 is 23.7 Å². The summed E-state index contributed by atoms with van der Waals surface area (Å²) in [6.45, 7) is 7.33. The number of rotatable bonds is 3. The largest absolute Gasteiger partial charge is 0.381 e. The van der Waals surface area contributed by atoms with Crippen LogP contribution in [0.4, 0.5) is 5.69 Å². The Morgan fingerprint density at radius 1 is 1.14 bits per heavy atom. The van der Waals surface area contributed by atoms with Crippen LogP contribution in [0.5, 0.6) is 0 Å². The summed E-state index contributed by atoms with van der Waals surface area (Å²) in [6.07, 6.45) is 6.28. The van der Waals surface area contributed by atoms with Gasteiger partial charge in [-0.1, -0.05) is 54.5 Å².